The van der Waals surface area contributed by atoms with Gasteiger partial charge in [0.15, 0.2) is 0 Å². The number of aromatic nitrogens is 2. The Kier molecular flexibility index (Phi) is 3.06. The highest BCUT2D eigenvalue weighted by atomic mass is 35.5. The molecule has 1 heterocycles. The average molecular weight is 201 g/mol. The molecule has 0 unspecified atom stereocenters. The second-order valence-electron chi connectivity index (χ2n) is 3.57. The number of halogens is 1. The maximum Gasteiger partial charge on any atom is 0.149 e. The molecule has 0 spiro atoms. The van der Waals surface area contributed by atoms with E-state index >= 15 is 0 Å². The molecule has 0 fully saturated rings. The van der Waals surface area contributed by atoms with Crippen LogP contribution in [-0.4, -0.2) is 22.1 Å². The summed E-state index contributed by atoms with van der Waals surface area (Å²) in [4.78, 5) is 7.90. The van der Waals surface area contributed by atoms with E-state index in [1.165, 1.54) is 6.20 Å². The van der Waals surface area contributed by atoms with Gasteiger partial charge in [0.25, 0.3) is 0 Å². The van der Waals surface area contributed by atoms with E-state index in [2.05, 4.69) is 15.3 Å². The molecule has 0 aliphatic rings. The van der Waals surface area contributed by atoms with Crippen molar-refractivity contribution in [3.8, 4) is 0 Å². The Balaban J connectivity index is 2.55. The van der Waals surface area contributed by atoms with Crippen molar-refractivity contribution in [1.29, 1.82) is 0 Å². The van der Waals surface area contributed by atoms with Gasteiger partial charge in [-0.3, -0.25) is 4.98 Å². The number of hydrogen-bond donors (Lipinski definition) is 2. The fourth-order valence-electron chi connectivity index (χ4n) is 0.746. The van der Waals surface area contributed by atoms with Crippen LogP contribution in [0.15, 0.2) is 12.4 Å². The topological polar surface area (TPSA) is 63.8 Å². The molecule has 3 N–H and O–H groups in total. The Hall–Kier alpha value is -0.870. The lowest BCUT2D eigenvalue weighted by Gasteiger charge is -2.18. The molecule has 0 saturated heterocycles. The fraction of sp³-hybridized carbons (Fsp3) is 0.500. The average Bonchev–Trinajstić information content (AvgIpc) is 2.00. The van der Waals surface area contributed by atoms with Gasteiger partial charge < -0.3 is 11.1 Å². The lowest BCUT2D eigenvalue weighted by Crippen LogP contribution is -2.39. The van der Waals surface area contributed by atoms with Gasteiger partial charge in [-0.1, -0.05) is 11.6 Å². The third kappa shape index (κ3) is 4.05. The molecule has 5 heteroatoms. The predicted molar refractivity (Wildman–Crippen MR) is 53.8 cm³/mol. The number of anilines is 1. The summed E-state index contributed by atoms with van der Waals surface area (Å²) in [6.45, 7) is 4.48. The third-order valence-corrected chi connectivity index (χ3v) is 1.51. The van der Waals surface area contributed by atoms with Crippen molar-refractivity contribution in [2.24, 2.45) is 5.73 Å². The Bertz CT molecular complexity index is 282. The van der Waals surface area contributed by atoms with Gasteiger partial charge in [-0.2, -0.15) is 0 Å². The van der Waals surface area contributed by atoms with Crippen LogP contribution in [0.2, 0.25) is 5.15 Å². The second-order valence-corrected chi connectivity index (χ2v) is 3.96. The molecule has 0 atom stereocenters. The van der Waals surface area contributed by atoms with Crippen LogP contribution in [0.1, 0.15) is 13.8 Å². The Labute approximate surface area is 82.5 Å². The van der Waals surface area contributed by atoms with E-state index in [1.807, 2.05) is 13.8 Å². The van der Waals surface area contributed by atoms with E-state index < -0.39 is 0 Å². The Morgan fingerprint density at radius 2 is 2.23 bits per heavy atom. The standard InChI is InChI=1S/C8H13ClN4/c1-8(2,10)5-12-7-4-11-3-6(9)13-7/h3-4H,5,10H2,1-2H3,(H,12,13). The quantitative estimate of drug-likeness (QED) is 0.772. The van der Waals surface area contributed by atoms with Crippen molar-refractivity contribution < 1.29 is 0 Å². The first-order chi connectivity index (χ1) is 5.97. The monoisotopic (exact) mass is 200 g/mol. The van der Waals surface area contributed by atoms with Gasteiger partial charge in [0.05, 0.1) is 12.4 Å². The highest BCUT2D eigenvalue weighted by molar-refractivity contribution is 6.29. The lowest BCUT2D eigenvalue weighted by atomic mass is 10.1. The summed E-state index contributed by atoms with van der Waals surface area (Å²) >= 11 is 5.65. The number of nitrogens with zero attached hydrogens (tertiary/aromatic N) is 2. The van der Waals surface area contributed by atoms with E-state index in [1.54, 1.807) is 6.20 Å². The van der Waals surface area contributed by atoms with Crippen molar-refractivity contribution in [3.05, 3.63) is 17.5 Å². The second kappa shape index (κ2) is 3.89. The highest BCUT2D eigenvalue weighted by Gasteiger charge is 2.09. The van der Waals surface area contributed by atoms with Crippen LogP contribution in [0.4, 0.5) is 5.82 Å². The molecule has 1 aromatic heterocycles. The first-order valence-corrected chi connectivity index (χ1v) is 4.35. The summed E-state index contributed by atoms with van der Waals surface area (Å²) in [6, 6.07) is 0. The van der Waals surface area contributed by atoms with E-state index in [0.29, 0.717) is 17.5 Å². The minimum absolute atomic E-state index is 0.274. The Morgan fingerprint density at radius 3 is 2.77 bits per heavy atom. The van der Waals surface area contributed by atoms with E-state index in [4.69, 9.17) is 17.3 Å². The van der Waals surface area contributed by atoms with Crippen molar-refractivity contribution in [2.75, 3.05) is 11.9 Å². The largest absolute Gasteiger partial charge is 0.367 e. The summed E-state index contributed by atoms with van der Waals surface area (Å²) in [5.41, 5.74) is 5.50. The normalized spacial score (nSPS) is 11.4. The fourth-order valence-corrected chi connectivity index (χ4v) is 0.893. The molecule has 1 rings (SSSR count). The molecule has 1 aromatic rings. The minimum Gasteiger partial charge on any atom is -0.367 e. The van der Waals surface area contributed by atoms with E-state index in [-0.39, 0.29) is 5.54 Å². The molecule has 13 heavy (non-hydrogen) atoms. The Morgan fingerprint density at radius 1 is 1.54 bits per heavy atom. The molecule has 4 nitrogen and oxygen atoms in total. The van der Waals surface area contributed by atoms with Crippen molar-refractivity contribution >= 4 is 17.4 Å². The molecule has 0 amide bonds. The van der Waals surface area contributed by atoms with Crippen LogP contribution in [0.5, 0.6) is 0 Å². The summed E-state index contributed by atoms with van der Waals surface area (Å²) < 4.78 is 0. The van der Waals surface area contributed by atoms with Crippen molar-refractivity contribution in [3.63, 3.8) is 0 Å². The van der Waals surface area contributed by atoms with Crippen molar-refractivity contribution in [2.45, 2.75) is 19.4 Å². The number of rotatable bonds is 3. The summed E-state index contributed by atoms with van der Waals surface area (Å²) in [5, 5.41) is 3.42. The summed E-state index contributed by atoms with van der Waals surface area (Å²) in [6.07, 6.45) is 3.10. The van der Waals surface area contributed by atoms with Gasteiger partial charge in [-0.25, -0.2) is 4.98 Å². The zero-order chi connectivity index (χ0) is 9.90. The zero-order valence-corrected chi connectivity index (χ0v) is 8.47. The van der Waals surface area contributed by atoms with Gasteiger partial charge in [0.1, 0.15) is 11.0 Å². The maximum absolute atomic E-state index is 5.78. The van der Waals surface area contributed by atoms with Crippen LogP contribution in [0.3, 0.4) is 0 Å². The molecular formula is C8H13ClN4. The van der Waals surface area contributed by atoms with Gasteiger partial charge in [-0.05, 0) is 13.8 Å². The molecular weight excluding hydrogens is 188 g/mol. The SMILES string of the molecule is CC(C)(N)CNc1cncc(Cl)n1. The van der Waals surface area contributed by atoms with E-state index in [9.17, 15) is 0 Å². The third-order valence-electron chi connectivity index (χ3n) is 1.33. The van der Waals surface area contributed by atoms with Crippen LogP contribution in [0, 0.1) is 0 Å². The first-order valence-electron chi connectivity index (χ1n) is 3.98. The molecule has 0 radical (unpaired) electrons. The van der Waals surface area contributed by atoms with Crippen LogP contribution < -0.4 is 11.1 Å². The predicted octanol–water partition coefficient (Wildman–Crippen LogP) is 1.28. The smallest absolute Gasteiger partial charge is 0.149 e. The molecule has 0 aliphatic carbocycles. The molecule has 0 aromatic carbocycles. The van der Waals surface area contributed by atoms with Crippen LogP contribution >= 0.6 is 11.6 Å². The van der Waals surface area contributed by atoms with Gasteiger partial charge in [0.2, 0.25) is 0 Å². The highest BCUT2D eigenvalue weighted by Crippen LogP contribution is 2.07. The molecule has 0 saturated carbocycles. The van der Waals surface area contributed by atoms with Gasteiger partial charge >= 0.3 is 0 Å². The molecule has 72 valence electrons. The lowest BCUT2D eigenvalue weighted by molar-refractivity contribution is 0.548. The number of nitrogens with one attached hydrogen (secondary N) is 1. The summed E-state index contributed by atoms with van der Waals surface area (Å²) in [5.74, 6) is 0.644. The van der Waals surface area contributed by atoms with Gasteiger partial charge in [-0.15, -0.1) is 0 Å². The van der Waals surface area contributed by atoms with Gasteiger partial charge in [0, 0.05) is 12.1 Å². The molecule has 0 aliphatic heterocycles. The first kappa shape index (κ1) is 10.2. The van der Waals surface area contributed by atoms with Crippen LogP contribution in [-0.2, 0) is 0 Å². The molecule has 0 bridgehead atoms. The van der Waals surface area contributed by atoms with Crippen molar-refractivity contribution in [1.82, 2.24) is 9.97 Å². The van der Waals surface area contributed by atoms with Crippen LogP contribution in [0.25, 0.3) is 0 Å². The number of hydrogen-bond acceptors (Lipinski definition) is 4. The summed E-state index contributed by atoms with van der Waals surface area (Å²) in [7, 11) is 0. The minimum atomic E-state index is -0.274. The zero-order valence-electron chi connectivity index (χ0n) is 7.71. The number of nitrogens with two attached hydrogens (primary N) is 1. The van der Waals surface area contributed by atoms with E-state index in [0.717, 1.165) is 0 Å². The maximum atomic E-state index is 5.78.